The summed E-state index contributed by atoms with van der Waals surface area (Å²) in [4.78, 5) is 27.1. The molecule has 1 heterocycles. The van der Waals surface area contributed by atoms with Crippen LogP contribution in [0.2, 0.25) is 5.02 Å². The van der Waals surface area contributed by atoms with Gasteiger partial charge in [0.2, 0.25) is 5.91 Å². The lowest BCUT2D eigenvalue weighted by Gasteiger charge is -2.24. The van der Waals surface area contributed by atoms with Gasteiger partial charge < -0.3 is 10.4 Å². The molecule has 0 aliphatic heterocycles. The summed E-state index contributed by atoms with van der Waals surface area (Å²) >= 11 is 5.92. The maximum absolute atomic E-state index is 12.1. The largest absolute Gasteiger partial charge is 0.481 e. The number of hydrogen-bond acceptors (Lipinski definition) is 3. The highest BCUT2D eigenvalue weighted by Crippen LogP contribution is 2.28. The summed E-state index contributed by atoms with van der Waals surface area (Å²) in [6.07, 6.45) is 7.36. The highest BCUT2D eigenvalue weighted by Gasteiger charge is 2.34. The van der Waals surface area contributed by atoms with E-state index in [0.29, 0.717) is 23.6 Å². The second kappa shape index (κ2) is 5.84. The molecule has 100 valence electrons. The molecule has 2 atom stereocenters. The Morgan fingerprint density at radius 3 is 2.63 bits per heavy atom. The molecule has 0 bridgehead atoms. The van der Waals surface area contributed by atoms with Gasteiger partial charge in [-0.15, -0.1) is 0 Å². The predicted octanol–water partition coefficient (Wildman–Crippen LogP) is 2.34. The van der Waals surface area contributed by atoms with Gasteiger partial charge >= 0.3 is 5.97 Å². The summed E-state index contributed by atoms with van der Waals surface area (Å²) < 4.78 is 0. The van der Waals surface area contributed by atoms with Gasteiger partial charge in [-0.1, -0.05) is 23.8 Å². The third-order valence-electron chi connectivity index (χ3n) is 3.11. The normalized spacial score (nSPS) is 21.9. The minimum atomic E-state index is -0.957. The summed E-state index contributed by atoms with van der Waals surface area (Å²) in [6.45, 7) is 0. The van der Waals surface area contributed by atoms with E-state index in [1.165, 1.54) is 12.4 Å². The van der Waals surface area contributed by atoms with Crippen LogP contribution in [0, 0.1) is 11.8 Å². The number of nitrogens with zero attached hydrogens (tertiary/aromatic N) is 1. The number of allylic oxidation sites excluding steroid dienone is 2. The van der Waals surface area contributed by atoms with Gasteiger partial charge in [0.1, 0.15) is 0 Å². The van der Waals surface area contributed by atoms with Crippen LogP contribution in [-0.4, -0.2) is 22.0 Å². The SMILES string of the molecule is O=C(O)C1CC=CCC1C(=O)Nc1cnccc1Cl. The van der Waals surface area contributed by atoms with Crippen LogP contribution < -0.4 is 5.32 Å². The third-order valence-corrected chi connectivity index (χ3v) is 3.44. The number of halogens is 1. The average Bonchev–Trinajstić information content (AvgIpc) is 2.41. The molecule has 0 saturated carbocycles. The van der Waals surface area contributed by atoms with Crippen LogP contribution in [-0.2, 0) is 9.59 Å². The van der Waals surface area contributed by atoms with Gasteiger partial charge in [0.05, 0.1) is 28.7 Å². The monoisotopic (exact) mass is 280 g/mol. The summed E-state index contributed by atoms with van der Waals surface area (Å²) in [5.41, 5.74) is 0.396. The maximum atomic E-state index is 12.1. The summed E-state index contributed by atoms with van der Waals surface area (Å²) in [5, 5.41) is 12.1. The summed E-state index contributed by atoms with van der Waals surface area (Å²) in [7, 11) is 0. The van der Waals surface area contributed by atoms with E-state index in [1.54, 1.807) is 12.1 Å². The van der Waals surface area contributed by atoms with Crippen LogP contribution >= 0.6 is 11.6 Å². The Morgan fingerprint density at radius 2 is 2.00 bits per heavy atom. The van der Waals surface area contributed by atoms with E-state index in [4.69, 9.17) is 16.7 Å². The first-order valence-corrected chi connectivity index (χ1v) is 6.25. The molecule has 6 heteroatoms. The standard InChI is InChI=1S/C13H13ClN2O3/c14-10-5-6-15-7-11(10)16-12(17)8-3-1-2-4-9(8)13(18)19/h1-2,5-9H,3-4H2,(H,16,17)(H,18,19). The van der Waals surface area contributed by atoms with E-state index >= 15 is 0 Å². The van der Waals surface area contributed by atoms with Crippen LogP contribution in [0.25, 0.3) is 0 Å². The van der Waals surface area contributed by atoms with Gasteiger partial charge in [-0.05, 0) is 18.9 Å². The molecule has 1 amide bonds. The van der Waals surface area contributed by atoms with Gasteiger partial charge in [0, 0.05) is 6.20 Å². The van der Waals surface area contributed by atoms with Crippen LogP contribution in [0.15, 0.2) is 30.6 Å². The highest BCUT2D eigenvalue weighted by molar-refractivity contribution is 6.33. The number of carboxylic acids is 1. The topological polar surface area (TPSA) is 79.3 Å². The fraction of sp³-hybridized carbons (Fsp3) is 0.308. The van der Waals surface area contributed by atoms with Crippen molar-refractivity contribution in [3.8, 4) is 0 Å². The lowest BCUT2D eigenvalue weighted by atomic mass is 9.82. The fourth-order valence-corrected chi connectivity index (χ4v) is 2.22. The lowest BCUT2D eigenvalue weighted by molar-refractivity contribution is -0.146. The highest BCUT2D eigenvalue weighted by atomic mass is 35.5. The van der Waals surface area contributed by atoms with Crippen molar-refractivity contribution in [2.24, 2.45) is 11.8 Å². The number of rotatable bonds is 3. The molecule has 19 heavy (non-hydrogen) atoms. The first kappa shape index (κ1) is 13.5. The first-order chi connectivity index (χ1) is 9.09. The summed E-state index contributed by atoms with van der Waals surface area (Å²) in [5.74, 6) is -2.58. The molecule has 1 aliphatic rings. The fourth-order valence-electron chi connectivity index (χ4n) is 2.07. The molecule has 0 spiro atoms. The van der Waals surface area contributed by atoms with Crippen molar-refractivity contribution in [1.29, 1.82) is 0 Å². The molecule has 0 aromatic carbocycles. The number of aromatic nitrogens is 1. The maximum Gasteiger partial charge on any atom is 0.307 e. The molecule has 1 aliphatic carbocycles. The first-order valence-electron chi connectivity index (χ1n) is 5.87. The Morgan fingerprint density at radius 1 is 1.32 bits per heavy atom. The van der Waals surface area contributed by atoms with Crippen LogP contribution in [0.1, 0.15) is 12.8 Å². The zero-order chi connectivity index (χ0) is 13.8. The number of anilines is 1. The number of pyridine rings is 1. The summed E-state index contributed by atoms with van der Waals surface area (Å²) in [6, 6.07) is 1.56. The lowest BCUT2D eigenvalue weighted by Crippen LogP contribution is -2.34. The van der Waals surface area contributed by atoms with Gasteiger partial charge in [0.15, 0.2) is 0 Å². The number of amides is 1. The predicted molar refractivity (Wildman–Crippen MR) is 70.9 cm³/mol. The number of carbonyl (C=O) groups is 2. The molecule has 5 nitrogen and oxygen atoms in total. The van der Waals surface area contributed by atoms with Crippen molar-refractivity contribution < 1.29 is 14.7 Å². The van der Waals surface area contributed by atoms with Crippen molar-refractivity contribution in [1.82, 2.24) is 4.98 Å². The quantitative estimate of drug-likeness (QED) is 0.833. The molecule has 1 aromatic rings. The molecular formula is C13H13ClN2O3. The van der Waals surface area contributed by atoms with Crippen molar-refractivity contribution in [3.05, 3.63) is 35.6 Å². The van der Waals surface area contributed by atoms with Crippen molar-refractivity contribution in [2.45, 2.75) is 12.8 Å². The zero-order valence-corrected chi connectivity index (χ0v) is 10.8. The van der Waals surface area contributed by atoms with E-state index < -0.39 is 17.8 Å². The number of carboxylic acid groups (broad SMARTS) is 1. The van der Waals surface area contributed by atoms with Gasteiger partial charge in [-0.25, -0.2) is 0 Å². The second-order valence-corrected chi connectivity index (χ2v) is 4.75. The Balaban J connectivity index is 2.13. The Bertz CT molecular complexity index is 530. The smallest absolute Gasteiger partial charge is 0.307 e. The molecule has 2 N–H and O–H groups in total. The Kier molecular flexibility index (Phi) is 4.16. The van der Waals surface area contributed by atoms with E-state index in [9.17, 15) is 9.59 Å². The van der Waals surface area contributed by atoms with E-state index in [2.05, 4.69) is 10.3 Å². The molecule has 0 fully saturated rings. The minimum Gasteiger partial charge on any atom is -0.481 e. The molecular weight excluding hydrogens is 268 g/mol. The van der Waals surface area contributed by atoms with Crippen molar-refractivity contribution in [2.75, 3.05) is 5.32 Å². The third kappa shape index (κ3) is 3.12. The van der Waals surface area contributed by atoms with E-state index in [1.807, 2.05) is 6.08 Å². The molecule has 2 unspecified atom stereocenters. The zero-order valence-electron chi connectivity index (χ0n) is 10.0. The van der Waals surface area contributed by atoms with Gasteiger partial charge in [-0.3, -0.25) is 14.6 Å². The number of carbonyl (C=O) groups excluding carboxylic acids is 1. The Labute approximate surface area is 115 Å². The second-order valence-electron chi connectivity index (χ2n) is 4.34. The number of aliphatic carboxylic acids is 1. The average molecular weight is 281 g/mol. The van der Waals surface area contributed by atoms with Gasteiger partial charge in [0.25, 0.3) is 0 Å². The van der Waals surface area contributed by atoms with Gasteiger partial charge in [-0.2, -0.15) is 0 Å². The minimum absolute atomic E-state index is 0.341. The Hall–Kier alpha value is -1.88. The molecule has 2 rings (SSSR count). The van der Waals surface area contributed by atoms with Crippen LogP contribution in [0.3, 0.4) is 0 Å². The van der Waals surface area contributed by atoms with Crippen molar-refractivity contribution in [3.63, 3.8) is 0 Å². The molecule has 1 aromatic heterocycles. The van der Waals surface area contributed by atoms with Crippen molar-refractivity contribution >= 4 is 29.2 Å². The molecule has 0 radical (unpaired) electrons. The van der Waals surface area contributed by atoms with E-state index in [-0.39, 0.29) is 5.91 Å². The number of nitrogens with one attached hydrogen (secondary N) is 1. The van der Waals surface area contributed by atoms with Crippen LogP contribution in [0.4, 0.5) is 5.69 Å². The number of hydrogen-bond donors (Lipinski definition) is 2. The molecule has 0 saturated heterocycles. The van der Waals surface area contributed by atoms with Crippen LogP contribution in [0.5, 0.6) is 0 Å². The van der Waals surface area contributed by atoms with E-state index in [0.717, 1.165) is 0 Å².